The highest BCUT2D eigenvalue weighted by atomic mass is 15.1. The van der Waals surface area contributed by atoms with Gasteiger partial charge >= 0.3 is 0 Å². The summed E-state index contributed by atoms with van der Waals surface area (Å²) in [6.07, 6.45) is 0. The van der Waals surface area contributed by atoms with Crippen LogP contribution in [0.5, 0.6) is 0 Å². The van der Waals surface area contributed by atoms with Crippen LogP contribution in [-0.2, 0) is 0 Å². The Kier molecular flexibility index (Phi) is 8.08. The van der Waals surface area contributed by atoms with Gasteiger partial charge in [-0.2, -0.15) is 0 Å². The van der Waals surface area contributed by atoms with E-state index in [0.29, 0.717) is 17.5 Å². The van der Waals surface area contributed by atoms with Gasteiger partial charge < -0.3 is 0 Å². The average Bonchev–Trinajstić information content (AvgIpc) is 3.67. The topological polar surface area (TPSA) is 56.5 Å². The van der Waals surface area contributed by atoms with Crippen LogP contribution in [0.2, 0.25) is 0 Å². The normalized spacial score (nSPS) is 11.3. The second-order valence-corrected chi connectivity index (χ2v) is 13.5. The lowest BCUT2D eigenvalue weighted by Crippen LogP contribution is -2.00. The van der Waals surface area contributed by atoms with E-state index in [0.717, 1.165) is 55.9 Å². The van der Waals surface area contributed by atoms with Crippen molar-refractivity contribution in [3.8, 4) is 73.5 Å². The zero-order chi connectivity index (χ0) is 36.6. The second-order valence-electron chi connectivity index (χ2n) is 13.5. The third-order valence-corrected chi connectivity index (χ3v) is 10.1. The first-order chi connectivity index (χ1) is 27.3. The van der Waals surface area contributed by atoms with Gasteiger partial charge in [-0.25, -0.2) is 19.9 Å². The summed E-state index contributed by atoms with van der Waals surface area (Å²) < 4.78 is 2.24. The molecule has 0 unspecified atom stereocenters. The molecule has 0 aliphatic rings. The summed E-state index contributed by atoms with van der Waals surface area (Å²) in [6.45, 7) is 0. The molecule has 5 nitrogen and oxygen atoms in total. The maximum Gasteiger partial charge on any atom is 0.164 e. The summed E-state index contributed by atoms with van der Waals surface area (Å²) in [4.78, 5) is 19.8. The lowest BCUT2D eigenvalue weighted by atomic mass is 9.92. The smallest absolute Gasteiger partial charge is 0.164 e. The van der Waals surface area contributed by atoms with E-state index < -0.39 is 0 Å². The number of para-hydroxylation sites is 3. The SMILES string of the molecule is c1ccc(-c2nc(-c3ccccc3)nc(-c3ccc(-c4cccc5c(-c6ccc(-c7nc8ccccc8n7-c7ccccc7)cc6)cccc45)cc3)n2)cc1. The number of aromatic nitrogens is 5. The Balaban J connectivity index is 0.998. The van der Waals surface area contributed by atoms with Crippen molar-refractivity contribution in [1.82, 2.24) is 24.5 Å². The third kappa shape index (κ3) is 6.04. The molecule has 258 valence electrons. The maximum absolute atomic E-state index is 5.07. The minimum Gasteiger partial charge on any atom is -0.292 e. The Morgan fingerprint density at radius 3 is 1.24 bits per heavy atom. The molecule has 10 aromatic rings. The fourth-order valence-electron chi connectivity index (χ4n) is 7.41. The lowest BCUT2D eigenvalue weighted by molar-refractivity contribution is 1.07. The van der Waals surface area contributed by atoms with Gasteiger partial charge in [0.1, 0.15) is 5.82 Å². The minimum atomic E-state index is 0.641. The number of nitrogens with zero attached hydrogens (tertiary/aromatic N) is 5. The number of imidazole rings is 1. The molecule has 5 heteroatoms. The summed E-state index contributed by atoms with van der Waals surface area (Å²) in [5.74, 6) is 2.87. The van der Waals surface area contributed by atoms with Crippen molar-refractivity contribution in [2.75, 3.05) is 0 Å². The van der Waals surface area contributed by atoms with E-state index in [4.69, 9.17) is 19.9 Å². The van der Waals surface area contributed by atoms with Crippen LogP contribution in [0.15, 0.2) is 200 Å². The second kappa shape index (κ2) is 13.8. The van der Waals surface area contributed by atoms with E-state index in [-0.39, 0.29) is 0 Å². The highest BCUT2D eigenvalue weighted by molar-refractivity contribution is 6.04. The highest BCUT2D eigenvalue weighted by Gasteiger charge is 2.16. The number of rotatable bonds is 7. The first kappa shape index (κ1) is 32.2. The molecule has 0 aliphatic heterocycles. The molecule has 8 aromatic carbocycles. The lowest BCUT2D eigenvalue weighted by Gasteiger charge is -2.13. The molecule has 0 aliphatic carbocycles. The Morgan fingerprint density at radius 1 is 0.291 bits per heavy atom. The fraction of sp³-hybridized carbons (Fsp3) is 0. The Labute approximate surface area is 318 Å². The zero-order valence-electron chi connectivity index (χ0n) is 29.8. The van der Waals surface area contributed by atoms with Crippen molar-refractivity contribution in [1.29, 1.82) is 0 Å². The Hall–Kier alpha value is -7.50. The Bertz CT molecular complexity index is 2880. The van der Waals surface area contributed by atoms with E-state index in [2.05, 4.69) is 132 Å². The fourth-order valence-corrected chi connectivity index (χ4v) is 7.41. The molecule has 0 saturated carbocycles. The Morgan fingerprint density at radius 2 is 0.709 bits per heavy atom. The van der Waals surface area contributed by atoms with Crippen LogP contribution in [0.3, 0.4) is 0 Å². The number of fused-ring (bicyclic) bond motifs is 2. The minimum absolute atomic E-state index is 0.641. The van der Waals surface area contributed by atoms with Crippen LogP contribution in [0.4, 0.5) is 0 Å². The molecule has 0 atom stereocenters. The summed E-state index contributed by atoms with van der Waals surface area (Å²) >= 11 is 0. The predicted molar refractivity (Wildman–Crippen MR) is 225 cm³/mol. The molecule has 55 heavy (non-hydrogen) atoms. The van der Waals surface area contributed by atoms with E-state index in [1.54, 1.807) is 0 Å². The van der Waals surface area contributed by atoms with Gasteiger partial charge in [0.15, 0.2) is 17.5 Å². The zero-order valence-corrected chi connectivity index (χ0v) is 29.8. The first-order valence-electron chi connectivity index (χ1n) is 18.4. The standard InChI is InChI=1S/C50H33N5/c1-4-14-36(15-5-1)47-52-48(37-16-6-2-7-17-37)54-49(53-47)38-30-26-34(27-31-38)41-20-12-23-44-42(21-13-22-43(41)44)35-28-32-39(33-29-35)50-51-45-24-10-11-25-46(45)55(50)40-18-8-3-9-19-40/h1-33H. The van der Waals surface area contributed by atoms with Crippen molar-refractivity contribution in [2.24, 2.45) is 0 Å². The number of hydrogen-bond acceptors (Lipinski definition) is 4. The molecule has 0 amide bonds. The van der Waals surface area contributed by atoms with Gasteiger partial charge in [-0.3, -0.25) is 4.57 Å². The van der Waals surface area contributed by atoms with Gasteiger partial charge in [-0.15, -0.1) is 0 Å². The predicted octanol–water partition coefficient (Wildman–Crippen LogP) is 12.4. The van der Waals surface area contributed by atoms with Crippen molar-refractivity contribution >= 4 is 21.8 Å². The molecular weight excluding hydrogens is 671 g/mol. The van der Waals surface area contributed by atoms with Gasteiger partial charge in [0, 0.05) is 27.9 Å². The third-order valence-electron chi connectivity index (χ3n) is 10.1. The summed E-state index contributed by atoms with van der Waals surface area (Å²) in [7, 11) is 0. The maximum atomic E-state index is 5.07. The van der Waals surface area contributed by atoms with Gasteiger partial charge in [-0.05, 0) is 57.3 Å². The largest absolute Gasteiger partial charge is 0.292 e. The van der Waals surface area contributed by atoms with Gasteiger partial charge in [0.05, 0.1) is 11.0 Å². The molecule has 10 rings (SSSR count). The molecule has 0 saturated heterocycles. The van der Waals surface area contributed by atoms with Crippen molar-refractivity contribution in [3.63, 3.8) is 0 Å². The van der Waals surface area contributed by atoms with Crippen LogP contribution >= 0.6 is 0 Å². The quantitative estimate of drug-likeness (QED) is 0.166. The molecule has 2 heterocycles. The highest BCUT2D eigenvalue weighted by Crippen LogP contribution is 2.37. The van der Waals surface area contributed by atoms with Gasteiger partial charge in [-0.1, -0.05) is 176 Å². The van der Waals surface area contributed by atoms with Crippen LogP contribution < -0.4 is 0 Å². The van der Waals surface area contributed by atoms with Crippen LogP contribution in [0, 0.1) is 0 Å². The number of hydrogen-bond donors (Lipinski definition) is 0. The molecule has 0 fully saturated rings. The van der Waals surface area contributed by atoms with Gasteiger partial charge in [0.25, 0.3) is 0 Å². The monoisotopic (exact) mass is 703 g/mol. The molecule has 0 bridgehead atoms. The van der Waals surface area contributed by atoms with E-state index in [9.17, 15) is 0 Å². The first-order valence-corrected chi connectivity index (χ1v) is 18.4. The van der Waals surface area contributed by atoms with Crippen molar-refractivity contribution in [2.45, 2.75) is 0 Å². The molecular formula is C50H33N5. The van der Waals surface area contributed by atoms with Crippen molar-refractivity contribution in [3.05, 3.63) is 200 Å². The van der Waals surface area contributed by atoms with Crippen molar-refractivity contribution < 1.29 is 0 Å². The molecule has 2 aromatic heterocycles. The number of benzene rings is 8. The van der Waals surface area contributed by atoms with E-state index in [1.807, 2.05) is 72.8 Å². The van der Waals surface area contributed by atoms with E-state index >= 15 is 0 Å². The summed E-state index contributed by atoms with van der Waals surface area (Å²) in [6, 6.07) is 69.4. The molecule has 0 N–H and O–H groups in total. The van der Waals surface area contributed by atoms with Crippen LogP contribution in [-0.4, -0.2) is 24.5 Å². The molecule has 0 spiro atoms. The average molecular weight is 704 g/mol. The van der Waals surface area contributed by atoms with Gasteiger partial charge in [0.2, 0.25) is 0 Å². The summed E-state index contributed by atoms with van der Waals surface area (Å²) in [5, 5.41) is 2.39. The summed E-state index contributed by atoms with van der Waals surface area (Å²) in [5.41, 5.74) is 11.7. The van der Waals surface area contributed by atoms with E-state index in [1.165, 1.54) is 21.9 Å². The van der Waals surface area contributed by atoms with Crippen LogP contribution in [0.1, 0.15) is 0 Å². The molecule has 0 radical (unpaired) electrons. The van der Waals surface area contributed by atoms with Crippen LogP contribution in [0.25, 0.3) is 95.3 Å².